The van der Waals surface area contributed by atoms with Crippen molar-refractivity contribution >= 4 is 44.9 Å². The first kappa shape index (κ1) is 19.6. The summed E-state index contributed by atoms with van der Waals surface area (Å²) >= 11 is 0. The highest BCUT2D eigenvalue weighted by Crippen LogP contribution is 2.32. The Labute approximate surface area is 143 Å². The molecule has 0 bridgehead atoms. The van der Waals surface area contributed by atoms with E-state index in [1.807, 2.05) is 0 Å². The van der Waals surface area contributed by atoms with Crippen molar-refractivity contribution in [1.29, 1.82) is 0 Å². The number of fused-ring (bicyclic) bond motifs is 1. The van der Waals surface area contributed by atoms with Gasteiger partial charge in [-0.3, -0.25) is 9.11 Å². The number of hydrogen-bond acceptors (Lipinski definition) is 8. The Morgan fingerprint density at radius 1 is 0.960 bits per heavy atom. The highest BCUT2D eigenvalue weighted by molar-refractivity contribution is 8.65. The van der Waals surface area contributed by atoms with Crippen LogP contribution >= 0.6 is 0 Å². The van der Waals surface area contributed by atoms with Gasteiger partial charge < -0.3 is 5.73 Å². The minimum Gasteiger partial charge on any atom is -0.398 e. The van der Waals surface area contributed by atoms with Crippen molar-refractivity contribution in [2.24, 2.45) is 0 Å². The van der Waals surface area contributed by atoms with Crippen molar-refractivity contribution in [3.05, 3.63) is 35.9 Å². The lowest BCUT2D eigenvalue weighted by molar-refractivity contribution is 0.272. The molecule has 0 fully saturated rings. The normalized spacial score (nSPS) is 13.2. The molecule has 0 unspecified atom stereocenters. The molecule has 2 aromatic rings. The van der Waals surface area contributed by atoms with Crippen LogP contribution in [0.25, 0.3) is 10.8 Å². The molecule has 0 radical (unpaired) electrons. The molecule has 0 spiro atoms. The predicted octanol–water partition coefficient (Wildman–Crippen LogP) is 0.360. The smallest absolute Gasteiger partial charge is 0.397 e. The summed E-state index contributed by atoms with van der Waals surface area (Å²) in [5, 5.41) is 0.262. The minimum absolute atomic E-state index is 0.0305. The van der Waals surface area contributed by atoms with Gasteiger partial charge in [0.2, 0.25) is 0 Å². The van der Waals surface area contributed by atoms with Crippen LogP contribution in [0.2, 0.25) is 0 Å². The number of rotatable bonds is 6. The van der Waals surface area contributed by atoms with Crippen molar-refractivity contribution in [1.82, 2.24) is 0 Å². The molecule has 0 amide bonds. The fraction of sp³-hybridized carbons (Fsp3) is 0.167. The van der Waals surface area contributed by atoms with E-state index in [1.165, 1.54) is 30.3 Å². The van der Waals surface area contributed by atoms with Crippen LogP contribution in [-0.4, -0.2) is 41.0 Å². The van der Waals surface area contributed by atoms with E-state index >= 15 is 0 Å². The molecule has 2 rings (SSSR count). The topological polar surface area (TPSA) is 178 Å². The predicted molar refractivity (Wildman–Crippen MR) is 88.3 cm³/mol. The third-order valence-electron chi connectivity index (χ3n) is 3.22. The van der Waals surface area contributed by atoms with Gasteiger partial charge in [0, 0.05) is 5.39 Å². The maximum absolute atomic E-state index is 12.0. The molecule has 0 aliphatic heterocycles. The molecule has 0 heterocycles. The van der Waals surface area contributed by atoms with Crippen LogP contribution in [0, 0.1) is 0 Å². The molecule has 0 atom stereocenters. The highest BCUT2D eigenvalue weighted by atomic mass is 33.2. The Hall–Kier alpha value is -1.77. The summed E-state index contributed by atoms with van der Waals surface area (Å²) in [7, 11) is -15.1. The number of hydrogen-bond donors (Lipinski definition) is 3. The summed E-state index contributed by atoms with van der Waals surface area (Å²) in [5.74, 6) is 0. The van der Waals surface area contributed by atoms with Gasteiger partial charge in [-0.1, -0.05) is 24.3 Å². The van der Waals surface area contributed by atoms with E-state index in [0.29, 0.717) is 10.9 Å². The Kier molecular flexibility index (Phi) is 5.09. The largest absolute Gasteiger partial charge is 0.398 e. The molecule has 25 heavy (non-hydrogen) atoms. The van der Waals surface area contributed by atoms with Crippen LogP contribution in [0.3, 0.4) is 0 Å². The quantitative estimate of drug-likeness (QED) is 0.341. The lowest BCUT2D eigenvalue weighted by Gasteiger charge is -2.10. The molecule has 0 saturated carbocycles. The van der Waals surface area contributed by atoms with Crippen molar-refractivity contribution in [2.45, 2.75) is 11.3 Å². The van der Waals surface area contributed by atoms with E-state index < -0.39 is 33.3 Å². The van der Waals surface area contributed by atoms with Crippen LogP contribution in [0.1, 0.15) is 5.56 Å². The first-order chi connectivity index (χ1) is 11.3. The molecule has 4 N–H and O–H groups in total. The zero-order valence-electron chi connectivity index (χ0n) is 12.4. The van der Waals surface area contributed by atoms with E-state index in [4.69, 9.17) is 14.8 Å². The molecule has 0 saturated heterocycles. The molecule has 0 aliphatic rings. The molecule has 0 aromatic heterocycles. The molecule has 138 valence electrons. The summed E-state index contributed by atoms with van der Waals surface area (Å²) in [4.78, 5) is -0.742. The van der Waals surface area contributed by atoms with Crippen LogP contribution in [0.15, 0.2) is 35.2 Å². The first-order valence-electron chi connectivity index (χ1n) is 6.48. The molecule has 10 nitrogen and oxygen atoms in total. The Balaban J connectivity index is 2.52. The van der Waals surface area contributed by atoms with Gasteiger partial charge in [-0.25, -0.2) is 12.6 Å². The van der Waals surface area contributed by atoms with Crippen LogP contribution in [-0.2, 0) is 39.0 Å². The zero-order valence-corrected chi connectivity index (χ0v) is 14.8. The zero-order chi connectivity index (χ0) is 19.0. The van der Waals surface area contributed by atoms with E-state index in [-0.39, 0.29) is 24.1 Å². The lowest BCUT2D eigenvalue weighted by atomic mass is 10.0. The van der Waals surface area contributed by atoms with Crippen molar-refractivity contribution < 1.29 is 38.5 Å². The van der Waals surface area contributed by atoms with Gasteiger partial charge >= 0.3 is 28.4 Å². The Morgan fingerprint density at radius 2 is 1.60 bits per heavy atom. The lowest BCUT2D eigenvalue weighted by Crippen LogP contribution is -2.16. The maximum atomic E-state index is 12.0. The van der Waals surface area contributed by atoms with Crippen molar-refractivity contribution in [3.63, 3.8) is 0 Å². The van der Waals surface area contributed by atoms with Gasteiger partial charge in [0.05, 0.1) is 12.3 Å². The summed E-state index contributed by atoms with van der Waals surface area (Å²) < 4.78 is 89.0. The summed E-state index contributed by atoms with van der Waals surface area (Å²) in [6, 6.07) is 6.73. The summed E-state index contributed by atoms with van der Waals surface area (Å²) in [5.41, 5.74) is 5.74. The fourth-order valence-electron chi connectivity index (χ4n) is 2.17. The minimum atomic E-state index is -5.43. The van der Waals surface area contributed by atoms with Crippen LogP contribution in [0.5, 0.6) is 0 Å². The Morgan fingerprint density at radius 3 is 2.16 bits per heavy atom. The SMILES string of the molecule is Nc1ccc2cc(CCOS(=O)(=O)O)ccc2c1S(=O)(=O)S(=O)(=O)O. The van der Waals surface area contributed by atoms with Gasteiger partial charge in [-0.2, -0.15) is 16.8 Å². The average molecular weight is 411 g/mol. The maximum Gasteiger partial charge on any atom is 0.397 e. The molecular weight excluding hydrogens is 398 g/mol. The standard InChI is InChI=1S/C12H13NO9S3/c13-11-4-2-9-7-8(5-6-22-24(16,17)18)1-3-10(9)12(11)23(14,15)25(19,20)21/h1-4,7H,5-6,13H2,(H,16,17,18)(H,19,20,21). The second-order valence-corrected chi connectivity index (χ2v) is 10.8. The van der Waals surface area contributed by atoms with Crippen LogP contribution in [0.4, 0.5) is 5.69 Å². The number of benzene rings is 2. The van der Waals surface area contributed by atoms with Gasteiger partial charge in [-0.15, -0.1) is 0 Å². The van der Waals surface area contributed by atoms with Crippen LogP contribution < -0.4 is 5.73 Å². The van der Waals surface area contributed by atoms with E-state index in [9.17, 15) is 25.3 Å². The Bertz CT molecular complexity index is 1140. The third-order valence-corrected chi connectivity index (χ3v) is 7.35. The van der Waals surface area contributed by atoms with Gasteiger partial charge in [0.25, 0.3) is 0 Å². The second kappa shape index (κ2) is 6.51. The van der Waals surface area contributed by atoms with Gasteiger partial charge in [-0.05, 0) is 23.4 Å². The summed E-state index contributed by atoms with van der Waals surface area (Å²) in [6.07, 6.45) is 0.0699. The van der Waals surface area contributed by atoms with Crippen molar-refractivity contribution in [2.75, 3.05) is 12.3 Å². The molecule has 13 heteroatoms. The van der Waals surface area contributed by atoms with E-state index in [0.717, 1.165) is 0 Å². The van der Waals surface area contributed by atoms with Gasteiger partial charge in [0.15, 0.2) is 0 Å². The highest BCUT2D eigenvalue weighted by Gasteiger charge is 2.33. The number of anilines is 1. The fourth-order valence-corrected chi connectivity index (χ4v) is 4.68. The van der Waals surface area contributed by atoms with Crippen molar-refractivity contribution in [3.8, 4) is 0 Å². The second-order valence-electron chi connectivity index (χ2n) is 4.92. The average Bonchev–Trinajstić information content (AvgIpc) is 2.44. The molecule has 2 aromatic carbocycles. The van der Waals surface area contributed by atoms with Gasteiger partial charge in [0.1, 0.15) is 4.90 Å². The third kappa shape index (κ3) is 4.26. The van der Waals surface area contributed by atoms with E-state index in [2.05, 4.69) is 4.18 Å². The molecule has 0 aliphatic carbocycles. The summed E-state index contributed by atoms with van der Waals surface area (Å²) in [6.45, 7) is -0.352. The van der Waals surface area contributed by atoms with E-state index in [1.54, 1.807) is 0 Å². The number of nitrogen functional groups attached to an aromatic ring is 1. The monoisotopic (exact) mass is 411 g/mol. The molecular formula is C12H13NO9S3. The number of nitrogens with two attached hydrogens (primary N) is 1. The first-order valence-corrected chi connectivity index (χ1v) is 11.3.